The molecule has 2 N–H and O–H groups in total. The van der Waals surface area contributed by atoms with Crippen molar-refractivity contribution in [3.63, 3.8) is 0 Å². The van der Waals surface area contributed by atoms with Gasteiger partial charge in [-0.05, 0) is 46.8 Å². The SMILES string of the molecule is COC(=O)C(CNCCCCN(C)C(C)C)NC(C)=O. The van der Waals surface area contributed by atoms with Gasteiger partial charge in [0.1, 0.15) is 6.04 Å². The van der Waals surface area contributed by atoms with Gasteiger partial charge in [-0.2, -0.15) is 0 Å². The van der Waals surface area contributed by atoms with Gasteiger partial charge in [-0.3, -0.25) is 4.79 Å². The number of nitrogens with one attached hydrogen (secondary N) is 2. The van der Waals surface area contributed by atoms with Crippen LogP contribution in [0.2, 0.25) is 0 Å². The van der Waals surface area contributed by atoms with Crippen molar-refractivity contribution < 1.29 is 14.3 Å². The molecule has 1 unspecified atom stereocenters. The van der Waals surface area contributed by atoms with Crippen LogP contribution >= 0.6 is 0 Å². The van der Waals surface area contributed by atoms with Crippen molar-refractivity contribution in [1.82, 2.24) is 15.5 Å². The Balaban J connectivity index is 3.78. The van der Waals surface area contributed by atoms with Gasteiger partial charge in [0.25, 0.3) is 0 Å². The number of esters is 1. The number of hydrogen-bond donors (Lipinski definition) is 2. The highest BCUT2D eigenvalue weighted by molar-refractivity contribution is 5.83. The maximum absolute atomic E-state index is 11.4. The van der Waals surface area contributed by atoms with Crippen LogP contribution in [-0.2, 0) is 14.3 Å². The first-order chi connectivity index (χ1) is 9.38. The lowest BCUT2D eigenvalue weighted by Crippen LogP contribution is -2.47. The quantitative estimate of drug-likeness (QED) is 0.449. The zero-order valence-electron chi connectivity index (χ0n) is 13.4. The fourth-order valence-electron chi connectivity index (χ4n) is 1.70. The predicted octanol–water partition coefficient (Wildman–Crippen LogP) is 0.374. The van der Waals surface area contributed by atoms with Crippen molar-refractivity contribution in [1.29, 1.82) is 0 Å². The van der Waals surface area contributed by atoms with Crippen molar-refractivity contribution >= 4 is 11.9 Å². The molecule has 0 spiro atoms. The normalized spacial score (nSPS) is 12.6. The fraction of sp³-hybridized carbons (Fsp3) is 0.857. The minimum absolute atomic E-state index is 0.235. The van der Waals surface area contributed by atoms with E-state index in [9.17, 15) is 9.59 Å². The number of ether oxygens (including phenoxy) is 1. The minimum Gasteiger partial charge on any atom is -0.467 e. The molecule has 0 saturated carbocycles. The van der Waals surface area contributed by atoms with Gasteiger partial charge in [-0.25, -0.2) is 4.79 Å². The third-order valence-electron chi connectivity index (χ3n) is 3.21. The second kappa shape index (κ2) is 10.6. The summed E-state index contributed by atoms with van der Waals surface area (Å²) in [4.78, 5) is 24.7. The van der Waals surface area contributed by atoms with Crippen LogP contribution in [0.5, 0.6) is 0 Å². The Morgan fingerprint density at radius 1 is 1.25 bits per heavy atom. The molecule has 0 bridgehead atoms. The molecule has 6 nitrogen and oxygen atoms in total. The van der Waals surface area contributed by atoms with E-state index in [4.69, 9.17) is 0 Å². The Bertz CT molecular complexity index is 295. The van der Waals surface area contributed by atoms with E-state index in [1.54, 1.807) is 0 Å². The van der Waals surface area contributed by atoms with Gasteiger partial charge in [0.2, 0.25) is 5.91 Å². The minimum atomic E-state index is -0.615. The number of unbranched alkanes of at least 4 members (excludes halogenated alkanes) is 1. The Labute approximate surface area is 122 Å². The van der Waals surface area contributed by atoms with Crippen LogP contribution in [0, 0.1) is 0 Å². The summed E-state index contributed by atoms with van der Waals surface area (Å²) in [7, 11) is 3.43. The van der Waals surface area contributed by atoms with Crippen LogP contribution in [0.4, 0.5) is 0 Å². The number of carbonyl (C=O) groups is 2. The third kappa shape index (κ3) is 8.87. The van der Waals surface area contributed by atoms with Crippen LogP contribution < -0.4 is 10.6 Å². The fourth-order valence-corrected chi connectivity index (χ4v) is 1.70. The highest BCUT2D eigenvalue weighted by Gasteiger charge is 2.19. The van der Waals surface area contributed by atoms with Gasteiger partial charge in [0.05, 0.1) is 7.11 Å². The summed E-state index contributed by atoms with van der Waals surface area (Å²) in [5.74, 6) is -0.659. The molecule has 0 aromatic carbocycles. The van der Waals surface area contributed by atoms with Crippen molar-refractivity contribution in [2.24, 2.45) is 0 Å². The lowest BCUT2D eigenvalue weighted by molar-refractivity contribution is -0.144. The zero-order chi connectivity index (χ0) is 15.5. The Hall–Kier alpha value is -1.14. The van der Waals surface area contributed by atoms with E-state index in [0.29, 0.717) is 12.6 Å². The van der Waals surface area contributed by atoms with E-state index in [1.165, 1.54) is 14.0 Å². The average molecular weight is 287 g/mol. The second-order valence-electron chi connectivity index (χ2n) is 5.26. The van der Waals surface area contributed by atoms with Crippen LogP contribution in [0.1, 0.15) is 33.6 Å². The molecule has 0 aliphatic carbocycles. The summed E-state index contributed by atoms with van der Waals surface area (Å²) in [6, 6.07) is -0.0535. The monoisotopic (exact) mass is 287 g/mol. The number of nitrogens with zero attached hydrogens (tertiary/aromatic N) is 1. The van der Waals surface area contributed by atoms with E-state index in [1.807, 2.05) is 0 Å². The molecule has 0 aromatic heterocycles. The maximum Gasteiger partial charge on any atom is 0.329 e. The molecule has 0 aliphatic rings. The van der Waals surface area contributed by atoms with Crippen molar-refractivity contribution in [3.05, 3.63) is 0 Å². The molecular weight excluding hydrogens is 258 g/mol. The first-order valence-corrected chi connectivity index (χ1v) is 7.14. The maximum atomic E-state index is 11.4. The van der Waals surface area contributed by atoms with Crippen LogP contribution in [-0.4, -0.2) is 62.7 Å². The first kappa shape index (κ1) is 18.9. The Morgan fingerprint density at radius 2 is 1.90 bits per heavy atom. The molecule has 1 atom stereocenters. The summed E-state index contributed by atoms with van der Waals surface area (Å²) in [5.41, 5.74) is 0. The number of hydrogen-bond acceptors (Lipinski definition) is 5. The van der Waals surface area contributed by atoms with Crippen molar-refractivity contribution in [2.45, 2.75) is 45.7 Å². The Morgan fingerprint density at radius 3 is 2.40 bits per heavy atom. The van der Waals surface area contributed by atoms with Gasteiger partial charge < -0.3 is 20.3 Å². The van der Waals surface area contributed by atoms with Gasteiger partial charge in [-0.1, -0.05) is 0 Å². The first-order valence-electron chi connectivity index (χ1n) is 7.14. The highest BCUT2D eigenvalue weighted by Crippen LogP contribution is 1.97. The standard InChI is InChI=1S/C14H29N3O3/c1-11(2)17(4)9-7-6-8-15-10-13(14(19)20-5)16-12(3)18/h11,13,15H,6-10H2,1-5H3,(H,16,18). The summed E-state index contributed by atoms with van der Waals surface area (Å²) in [5, 5.41) is 5.75. The average Bonchev–Trinajstić information content (AvgIpc) is 2.39. The topological polar surface area (TPSA) is 70.7 Å². The molecule has 0 radical (unpaired) electrons. The van der Waals surface area contributed by atoms with Crippen LogP contribution in [0.25, 0.3) is 0 Å². The number of amides is 1. The summed E-state index contributed by atoms with van der Waals surface area (Å²) < 4.78 is 4.65. The Kier molecular flexibility index (Phi) is 10.0. The van der Waals surface area contributed by atoms with Gasteiger partial charge in [0.15, 0.2) is 0 Å². The van der Waals surface area contributed by atoms with Crippen LogP contribution in [0.15, 0.2) is 0 Å². The zero-order valence-corrected chi connectivity index (χ0v) is 13.4. The van der Waals surface area contributed by atoms with Crippen molar-refractivity contribution in [2.75, 3.05) is 33.8 Å². The van der Waals surface area contributed by atoms with Crippen LogP contribution in [0.3, 0.4) is 0 Å². The highest BCUT2D eigenvalue weighted by atomic mass is 16.5. The smallest absolute Gasteiger partial charge is 0.329 e. The molecule has 20 heavy (non-hydrogen) atoms. The molecule has 118 valence electrons. The molecule has 0 aliphatic heterocycles. The van der Waals surface area contributed by atoms with Crippen molar-refractivity contribution in [3.8, 4) is 0 Å². The van der Waals surface area contributed by atoms with E-state index in [2.05, 4.69) is 41.2 Å². The van der Waals surface area contributed by atoms with Gasteiger partial charge in [0, 0.05) is 19.5 Å². The van der Waals surface area contributed by atoms with E-state index in [0.717, 1.165) is 25.9 Å². The van der Waals surface area contributed by atoms with Gasteiger partial charge >= 0.3 is 5.97 Å². The molecule has 6 heteroatoms. The largest absolute Gasteiger partial charge is 0.467 e. The molecule has 0 saturated heterocycles. The summed E-state index contributed by atoms with van der Waals surface area (Å²) in [6.45, 7) is 8.01. The third-order valence-corrected chi connectivity index (χ3v) is 3.21. The number of rotatable bonds is 10. The number of carbonyl (C=O) groups excluding carboxylic acids is 2. The molecular formula is C14H29N3O3. The van der Waals surface area contributed by atoms with E-state index < -0.39 is 12.0 Å². The van der Waals surface area contributed by atoms with E-state index in [-0.39, 0.29) is 5.91 Å². The number of methoxy groups -OCH3 is 1. The molecule has 0 fully saturated rings. The molecule has 1 amide bonds. The predicted molar refractivity (Wildman–Crippen MR) is 79.5 cm³/mol. The molecule has 0 aromatic rings. The lowest BCUT2D eigenvalue weighted by Gasteiger charge is -2.21. The molecule has 0 heterocycles. The lowest BCUT2D eigenvalue weighted by atomic mass is 10.2. The summed E-state index contributed by atoms with van der Waals surface area (Å²) >= 11 is 0. The summed E-state index contributed by atoms with van der Waals surface area (Å²) in [6.07, 6.45) is 2.13. The molecule has 0 rings (SSSR count). The second-order valence-corrected chi connectivity index (χ2v) is 5.26. The van der Waals surface area contributed by atoms with Gasteiger partial charge in [-0.15, -0.1) is 0 Å². The van der Waals surface area contributed by atoms with E-state index >= 15 is 0 Å².